The summed E-state index contributed by atoms with van der Waals surface area (Å²) in [5.41, 5.74) is 1.86. The molecule has 114 valence electrons. The van der Waals surface area contributed by atoms with Gasteiger partial charge in [-0.3, -0.25) is 0 Å². The van der Waals surface area contributed by atoms with Gasteiger partial charge in [0.15, 0.2) is 5.82 Å². The number of hydrogen-bond acceptors (Lipinski definition) is 6. The van der Waals surface area contributed by atoms with E-state index in [9.17, 15) is 8.42 Å². The van der Waals surface area contributed by atoms with Crippen LogP contribution in [0.2, 0.25) is 0 Å². The van der Waals surface area contributed by atoms with Gasteiger partial charge in [-0.1, -0.05) is 36.3 Å². The summed E-state index contributed by atoms with van der Waals surface area (Å²) in [7, 11) is -3.43. The van der Waals surface area contributed by atoms with E-state index in [1.807, 2.05) is 31.2 Å². The van der Waals surface area contributed by atoms with Crippen LogP contribution in [0.5, 0.6) is 0 Å². The molecule has 2 rings (SSSR count). The molecule has 2 aromatic rings. The molecule has 0 unspecified atom stereocenters. The van der Waals surface area contributed by atoms with Crippen molar-refractivity contribution in [3.05, 3.63) is 47.6 Å². The van der Waals surface area contributed by atoms with Gasteiger partial charge >= 0.3 is 0 Å². The highest BCUT2D eigenvalue weighted by molar-refractivity contribution is 7.88. The second-order valence-corrected chi connectivity index (χ2v) is 6.33. The number of sulfonamides is 1. The lowest BCUT2D eigenvalue weighted by Crippen LogP contribution is -2.25. The zero-order valence-electron chi connectivity index (χ0n) is 11.7. The first-order chi connectivity index (χ1) is 10.1. The maximum Gasteiger partial charge on any atom is 0.216 e. The maximum absolute atomic E-state index is 11.9. The fourth-order valence-corrected chi connectivity index (χ4v) is 2.82. The highest BCUT2D eigenvalue weighted by Gasteiger charge is 2.12. The first-order valence-electron chi connectivity index (χ1n) is 6.60. The second-order valence-electron chi connectivity index (χ2n) is 4.52. The number of benzene rings is 1. The van der Waals surface area contributed by atoms with E-state index in [1.165, 1.54) is 0 Å². The van der Waals surface area contributed by atoms with Crippen molar-refractivity contribution in [1.29, 1.82) is 0 Å². The lowest BCUT2D eigenvalue weighted by atomic mass is 10.1. The summed E-state index contributed by atoms with van der Waals surface area (Å²) in [6, 6.07) is 7.49. The minimum Gasteiger partial charge on any atom is -0.343 e. The molecule has 2 N–H and O–H groups in total. The van der Waals surface area contributed by atoms with Crippen molar-refractivity contribution in [2.45, 2.75) is 25.8 Å². The van der Waals surface area contributed by atoms with Gasteiger partial charge in [0.05, 0.1) is 12.3 Å². The smallest absolute Gasteiger partial charge is 0.216 e. The number of nitrogens with one attached hydrogen (secondary N) is 2. The Morgan fingerprint density at radius 2 is 1.86 bits per heavy atom. The van der Waals surface area contributed by atoms with Crippen LogP contribution in [0.4, 0.5) is 0 Å². The molecular weight excluding hydrogens is 292 g/mol. The molecule has 0 amide bonds. The molecule has 7 nitrogen and oxygen atoms in total. The van der Waals surface area contributed by atoms with Crippen LogP contribution < -0.4 is 10.0 Å². The standard InChI is InChI=1S/C13H18N4O3S/c1-2-14-7-11-3-5-12(6-4-11)9-21(18,19)16-8-13-15-10-20-17-13/h3-6,10,14,16H,2,7-9H2,1H3. The van der Waals surface area contributed by atoms with Crippen molar-refractivity contribution in [2.75, 3.05) is 6.54 Å². The topological polar surface area (TPSA) is 97.1 Å². The Hall–Kier alpha value is -1.77. The zero-order chi connectivity index (χ0) is 15.1. The van der Waals surface area contributed by atoms with Gasteiger partial charge in [0, 0.05) is 6.54 Å². The first kappa shape index (κ1) is 15.6. The Kier molecular flexibility index (Phi) is 5.43. The molecule has 8 heteroatoms. The average molecular weight is 310 g/mol. The van der Waals surface area contributed by atoms with Gasteiger partial charge in [-0.2, -0.15) is 4.98 Å². The van der Waals surface area contributed by atoms with Gasteiger partial charge in [-0.25, -0.2) is 13.1 Å². The summed E-state index contributed by atoms with van der Waals surface area (Å²) in [5, 5.41) is 6.76. The largest absolute Gasteiger partial charge is 0.343 e. The average Bonchev–Trinajstić information content (AvgIpc) is 2.98. The molecule has 0 saturated carbocycles. The quantitative estimate of drug-likeness (QED) is 0.748. The Morgan fingerprint density at radius 1 is 1.14 bits per heavy atom. The van der Waals surface area contributed by atoms with E-state index in [-0.39, 0.29) is 12.3 Å². The summed E-state index contributed by atoms with van der Waals surface area (Å²) < 4.78 is 30.9. The molecule has 1 aromatic carbocycles. The van der Waals surface area contributed by atoms with Crippen molar-refractivity contribution in [2.24, 2.45) is 0 Å². The zero-order valence-corrected chi connectivity index (χ0v) is 12.6. The monoisotopic (exact) mass is 310 g/mol. The van der Waals surface area contributed by atoms with Crippen molar-refractivity contribution >= 4 is 10.0 Å². The van der Waals surface area contributed by atoms with Crippen LogP contribution in [0.1, 0.15) is 23.9 Å². The molecule has 0 aliphatic carbocycles. The van der Waals surface area contributed by atoms with E-state index < -0.39 is 10.0 Å². The van der Waals surface area contributed by atoms with Crippen molar-refractivity contribution in [3.63, 3.8) is 0 Å². The van der Waals surface area contributed by atoms with Crippen molar-refractivity contribution in [3.8, 4) is 0 Å². The molecule has 1 aromatic heterocycles. The lowest BCUT2D eigenvalue weighted by Gasteiger charge is -2.06. The number of nitrogens with zero attached hydrogens (tertiary/aromatic N) is 2. The minimum absolute atomic E-state index is 0.0251. The third-order valence-electron chi connectivity index (χ3n) is 2.82. The predicted molar refractivity (Wildman–Crippen MR) is 77.6 cm³/mol. The first-order valence-corrected chi connectivity index (χ1v) is 8.25. The van der Waals surface area contributed by atoms with Crippen LogP contribution in [0, 0.1) is 0 Å². The number of aromatic nitrogens is 2. The van der Waals surface area contributed by atoms with E-state index in [4.69, 9.17) is 0 Å². The van der Waals surface area contributed by atoms with Crippen molar-refractivity contribution < 1.29 is 12.9 Å². The summed E-state index contributed by atoms with van der Waals surface area (Å²) in [5.74, 6) is 0.228. The molecule has 0 saturated heterocycles. The van der Waals surface area contributed by atoms with E-state index >= 15 is 0 Å². The van der Waals surface area contributed by atoms with Gasteiger partial charge in [0.2, 0.25) is 16.4 Å². The Labute approximate surface area is 123 Å². The fraction of sp³-hybridized carbons (Fsp3) is 0.385. The van der Waals surface area contributed by atoms with Crippen LogP contribution in [0.3, 0.4) is 0 Å². The van der Waals surface area contributed by atoms with Gasteiger partial charge in [0.25, 0.3) is 0 Å². The molecule has 0 spiro atoms. The molecule has 0 bridgehead atoms. The SMILES string of the molecule is CCNCc1ccc(CS(=O)(=O)NCc2ncon2)cc1. The normalized spacial score (nSPS) is 11.7. The van der Waals surface area contributed by atoms with Gasteiger partial charge in [-0.05, 0) is 17.7 Å². The highest BCUT2D eigenvalue weighted by Crippen LogP contribution is 2.08. The van der Waals surface area contributed by atoms with Gasteiger partial charge in [0.1, 0.15) is 0 Å². The van der Waals surface area contributed by atoms with Gasteiger partial charge in [-0.15, -0.1) is 0 Å². The molecule has 0 aliphatic heterocycles. The minimum atomic E-state index is -3.43. The Balaban J connectivity index is 1.90. The number of rotatable bonds is 8. The highest BCUT2D eigenvalue weighted by atomic mass is 32.2. The van der Waals surface area contributed by atoms with Crippen LogP contribution >= 0.6 is 0 Å². The summed E-state index contributed by atoms with van der Waals surface area (Å²) in [6.45, 7) is 3.74. The second kappa shape index (κ2) is 7.30. The third-order valence-corrected chi connectivity index (χ3v) is 4.11. The van der Waals surface area contributed by atoms with Crippen molar-refractivity contribution in [1.82, 2.24) is 20.2 Å². The lowest BCUT2D eigenvalue weighted by molar-refractivity contribution is 0.409. The van der Waals surface area contributed by atoms with E-state index in [0.29, 0.717) is 5.82 Å². The van der Waals surface area contributed by atoms with Crippen LogP contribution in [0.15, 0.2) is 35.2 Å². The van der Waals surface area contributed by atoms with Crippen LogP contribution in [-0.2, 0) is 28.9 Å². The maximum atomic E-state index is 11.9. The predicted octanol–water partition coefficient (Wildman–Crippen LogP) is 0.799. The summed E-state index contributed by atoms with van der Waals surface area (Å²) >= 11 is 0. The molecule has 0 atom stereocenters. The number of hydrogen-bond donors (Lipinski definition) is 2. The fourth-order valence-electron chi connectivity index (χ4n) is 1.74. The molecule has 1 heterocycles. The van der Waals surface area contributed by atoms with E-state index in [1.54, 1.807) is 0 Å². The van der Waals surface area contributed by atoms with Crippen LogP contribution in [0.25, 0.3) is 0 Å². The van der Waals surface area contributed by atoms with E-state index in [0.717, 1.165) is 30.6 Å². The molecule has 0 radical (unpaired) electrons. The van der Waals surface area contributed by atoms with Crippen LogP contribution in [-0.4, -0.2) is 25.1 Å². The third kappa shape index (κ3) is 5.25. The molecule has 0 aliphatic rings. The Bertz CT molecular complexity index is 639. The Morgan fingerprint density at radius 3 is 2.48 bits per heavy atom. The van der Waals surface area contributed by atoms with E-state index in [2.05, 4.69) is 24.7 Å². The molecule has 21 heavy (non-hydrogen) atoms. The molecular formula is C13H18N4O3S. The van der Waals surface area contributed by atoms with Gasteiger partial charge < -0.3 is 9.84 Å². The molecule has 0 fully saturated rings. The summed E-state index contributed by atoms with van der Waals surface area (Å²) in [4.78, 5) is 3.75. The summed E-state index contributed by atoms with van der Waals surface area (Å²) in [6.07, 6.45) is 1.16.